The maximum atomic E-state index is 11.2. The maximum Gasteiger partial charge on any atom is 0.230 e. The number of carbonyl (C=O) groups is 1. The van der Waals surface area contributed by atoms with Crippen molar-refractivity contribution in [3.05, 3.63) is 29.7 Å². The molecule has 5 heteroatoms. The highest BCUT2D eigenvalue weighted by Crippen LogP contribution is 2.46. The van der Waals surface area contributed by atoms with E-state index in [1.165, 1.54) is 6.92 Å². The molecule has 1 saturated carbocycles. The van der Waals surface area contributed by atoms with Crippen LogP contribution in [-0.4, -0.2) is 16.0 Å². The van der Waals surface area contributed by atoms with Gasteiger partial charge in [-0.2, -0.15) is 4.98 Å². The summed E-state index contributed by atoms with van der Waals surface area (Å²) in [6.07, 6.45) is 1.96. The van der Waals surface area contributed by atoms with Crippen molar-refractivity contribution in [3.8, 4) is 11.4 Å². The Kier molecular flexibility index (Phi) is 3.49. The molecule has 0 aliphatic heterocycles. The minimum absolute atomic E-state index is 0.0676. The molecule has 1 aromatic carbocycles. The number of hydrogen-bond donors (Lipinski definition) is 1. The van der Waals surface area contributed by atoms with Crippen LogP contribution in [-0.2, 0) is 11.2 Å². The number of amides is 1. The Labute approximate surface area is 123 Å². The lowest BCUT2D eigenvalue weighted by Gasteiger charge is -2.09. The van der Waals surface area contributed by atoms with Gasteiger partial charge in [0.2, 0.25) is 17.6 Å². The van der Waals surface area contributed by atoms with Crippen molar-refractivity contribution in [2.24, 2.45) is 5.92 Å². The Balaban J connectivity index is 1.88. The summed E-state index contributed by atoms with van der Waals surface area (Å²) < 4.78 is 5.35. The van der Waals surface area contributed by atoms with E-state index in [1.807, 2.05) is 18.2 Å². The summed E-state index contributed by atoms with van der Waals surface area (Å²) in [6, 6.07) is 5.82. The highest BCUT2D eigenvalue weighted by Gasteiger charge is 2.38. The molecule has 3 rings (SSSR count). The van der Waals surface area contributed by atoms with Gasteiger partial charge in [0, 0.05) is 24.1 Å². The van der Waals surface area contributed by atoms with Crippen molar-refractivity contribution in [1.82, 2.24) is 10.1 Å². The van der Waals surface area contributed by atoms with E-state index < -0.39 is 0 Å². The van der Waals surface area contributed by atoms with E-state index in [2.05, 4.69) is 29.3 Å². The van der Waals surface area contributed by atoms with Crippen LogP contribution in [0.5, 0.6) is 0 Å². The van der Waals surface area contributed by atoms with Gasteiger partial charge in [0.1, 0.15) is 0 Å². The van der Waals surface area contributed by atoms with Crippen LogP contribution in [0.2, 0.25) is 0 Å². The van der Waals surface area contributed by atoms with Crippen molar-refractivity contribution in [2.45, 2.75) is 39.5 Å². The predicted molar refractivity (Wildman–Crippen MR) is 79.9 cm³/mol. The van der Waals surface area contributed by atoms with Crippen LogP contribution < -0.4 is 5.32 Å². The zero-order valence-corrected chi connectivity index (χ0v) is 12.5. The largest absolute Gasteiger partial charge is 0.339 e. The molecule has 1 heterocycles. The number of hydrogen-bond acceptors (Lipinski definition) is 4. The molecule has 1 aliphatic carbocycles. The number of carbonyl (C=O) groups excluding carboxylic acids is 1. The Hall–Kier alpha value is -2.17. The molecule has 0 saturated heterocycles. The van der Waals surface area contributed by atoms with Crippen LogP contribution in [0.3, 0.4) is 0 Å². The fraction of sp³-hybridized carbons (Fsp3) is 0.438. The summed E-state index contributed by atoms with van der Waals surface area (Å²) in [5.41, 5.74) is 2.83. The first-order chi connectivity index (χ1) is 10.1. The van der Waals surface area contributed by atoms with E-state index >= 15 is 0 Å². The highest BCUT2D eigenvalue weighted by atomic mass is 16.5. The molecule has 2 aromatic rings. The standard InChI is InChI=1S/C16H19N3O2/c1-4-11-8-12(5-6-14(11)17-10(3)20)15-18-16(21-19-15)13-7-9(13)2/h5-6,8-9,13H,4,7H2,1-3H3,(H,17,20)/t9-,13?/m1/s1. The third-order valence-electron chi connectivity index (χ3n) is 3.92. The molecule has 5 nitrogen and oxygen atoms in total. The maximum absolute atomic E-state index is 11.2. The minimum Gasteiger partial charge on any atom is -0.339 e. The third-order valence-corrected chi connectivity index (χ3v) is 3.92. The molecule has 0 spiro atoms. The van der Waals surface area contributed by atoms with Crippen LogP contribution in [0.4, 0.5) is 5.69 Å². The average Bonchev–Trinajstić information content (AvgIpc) is 3.00. The van der Waals surface area contributed by atoms with Gasteiger partial charge in [-0.3, -0.25) is 4.79 Å². The fourth-order valence-corrected chi connectivity index (χ4v) is 2.51. The lowest BCUT2D eigenvalue weighted by atomic mass is 10.1. The first kappa shape index (κ1) is 13.8. The number of nitrogens with zero attached hydrogens (tertiary/aromatic N) is 2. The first-order valence-electron chi connectivity index (χ1n) is 7.33. The molecule has 1 aliphatic rings. The summed E-state index contributed by atoms with van der Waals surface area (Å²) in [7, 11) is 0. The van der Waals surface area contributed by atoms with Gasteiger partial charge in [0.25, 0.3) is 0 Å². The van der Waals surface area contributed by atoms with Gasteiger partial charge in [-0.15, -0.1) is 0 Å². The normalized spacial score (nSPS) is 20.3. The van der Waals surface area contributed by atoms with Crippen molar-refractivity contribution in [3.63, 3.8) is 0 Å². The zero-order valence-electron chi connectivity index (χ0n) is 12.5. The summed E-state index contributed by atoms with van der Waals surface area (Å²) in [5.74, 6) is 2.36. The van der Waals surface area contributed by atoms with Crippen LogP contribution in [0.15, 0.2) is 22.7 Å². The summed E-state index contributed by atoms with van der Waals surface area (Å²) in [4.78, 5) is 15.7. The second-order valence-corrected chi connectivity index (χ2v) is 5.68. The van der Waals surface area contributed by atoms with E-state index in [0.29, 0.717) is 17.7 Å². The van der Waals surface area contributed by atoms with Crippen molar-refractivity contribution < 1.29 is 9.32 Å². The first-order valence-corrected chi connectivity index (χ1v) is 7.33. The number of aryl methyl sites for hydroxylation is 1. The Morgan fingerprint density at radius 3 is 2.86 bits per heavy atom. The molecule has 1 unspecified atom stereocenters. The SMILES string of the molecule is CCc1cc(-c2noc(C3C[C@H]3C)n2)ccc1NC(C)=O. The van der Waals surface area contributed by atoms with Crippen LogP contribution in [0.1, 0.15) is 44.6 Å². The van der Waals surface area contributed by atoms with Gasteiger partial charge in [-0.25, -0.2) is 0 Å². The molecule has 1 N–H and O–H groups in total. The average molecular weight is 285 g/mol. The smallest absolute Gasteiger partial charge is 0.230 e. The lowest BCUT2D eigenvalue weighted by molar-refractivity contribution is -0.114. The predicted octanol–water partition coefficient (Wildman–Crippen LogP) is 3.38. The number of aromatic nitrogens is 2. The second kappa shape index (κ2) is 5.31. The molecule has 110 valence electrons. The molecular formula is C16H19N3O2. The number of benzene rings is 1. The van der Waals surface area contributed by atoms with Crippen molar-refractivity contribution in [2.75, 3.05) is 5.32 Å². The Bertz CT molecular complexity index is 678. The molecular weight excluding hydrogens is 266 g/mol. The van der Waals surface area contributed by atoms with E-state index in [0.717, 1.165) is 35.5 Å². The van der Waals surface area contributed by atoms with Crippen LogP contribution in [0, 0.1) is 5.92 Å². The van der Waals surface area contributed by atoms with Crippen molar-refractivity contribution in [1.29, 1.82) is 0 Å². The van der Waals surface area contributed by atoms with Gasteiger partial charge < -0.3 is 9.84 Å². The van der Waals surface area contributed by atoms with Crippen LogP contribution >= 0.6 is 0 Å². The molecule has 0 bridgehead atoms. The van der Waals surface area contributed by atoms with Gasteiger partial charge in [-0.05, 0) is 42.5 Å². The number of nitrogens with one attached hydrogen (secondary N) is 1. The Morgan fingerprint density at radius 1 is 1.48 bits per heavy atom. The third kappa shape index (κ3) is 2.82. The molecule has 1 fully saturated rings. The Morgan fingerprint density at radius 2 is 2.24 bits per heavy atom. The van der Waals surface area contributed by atoms with E-state index in [9.17, 15) is 4.79 Å². The summed E-state index contributed by atoms with van der Waals surface area (Å²) in [5, 5.41) is 6.91. The van der Waals surface area contributed by atoms with Crippen LogP contribution in [0.25, 0.3) is 11.4 Å². The topological polar surface area (TPSA) is 68.0 Å². The van der Waals surface area contributed by atoms with E-state index in [-0.39, 0.29) is 5.91 Å². The molecule has 0 radical (unpaired) electrons. The van der Waals surface area contributed by atoms with Gasteiger partial charge >= 0.3 is 0 Å². The van der Waals surface area contributed by atoms with Gasteiger partial charge in [0.05, 0.1) is 0 Å². The summed E-state index contributed by atoms with van der Waals surface area (Å²) >= 11 is 0. The highest BCUT2D eigenvalue weighted by molar-refractivity contribution is 5.90. The quantitative estimate of drug-likeness (QED) is 0.935. The van der Waals surface area contributed by atoms with Gasteiger partial charge in [-0.1, -0.05) is 19.0 Å². The fourth-order valence-electron chi connectivity index (χ4n) is 2.51. The number of anilines is 1. The zero-order chi connectivity index (χ0) is 15.0. The molecule has 2 atom stereocenters. The number of rotatable bonds is 4. The molecule has 1 aromatic heterocycles. The van der Waals surface area contributed by atoms with Gasteiger partial charge in [0.15, 0.2) is 0 Å². The molecule has 1 amide bonds. The molecule has 21 heavy (non-hydrogen) atoms. The second-order valence-electron chi connectivity index (χ2n) is 5.68. The van der Waals surface area contributed by atoms with E-state index in [4.69, 9.17) is 4.52 Å². The lowest BCUT2D eigenvalue weighted by Crippen LogP contribution is -2.08. The monoisotopic (exact) mass is 285 g/mol. The van der Waals surface area contributed by atoms with Crippen molar-refractivity contribution >= 4 is 11.6 Å². The minimum atomic E-state index is -0.0676. The summed E-state index contributed by atoms with van der Waals surface area (Å²) in [6.45, 7) is 5.75. The van der Waals surface area contributed by atoms with E-state index in [1.54, 1.807) is 0 Å².